The van der Waals surface area contributed by atoms with Crippen molar-refractivity contribution in [3.8, 4) is 0 Å². The molecular formula is C13H10ClN3S. The number of fused-ring (bicyclic) bond motifs is 1. The molecule has 0 spiro atoms. The van der Waals surface area contributed by atoms with Crippen molar-refractivity contribution in [2.75, 3.05) is 5.32 Å². The molecule has 0 bridgehead atoms. The molecule has 0 atom stereocenters. The smallest absolute Gasteiger partial charge is 0.106 e. The van der Waals surface area contributed by atoms with E-state index in [0.29, 0.717) is 11.6 Å². The average molecular weight is 276 g/mol. The van der Waals surface area contributed by atoms with Gasteiger partial charge in [0, 0.05) is 6.20 Å². The van der Waals surface area contributed by atoms with Crippen LogP contribution in [0.4, 0.5) is 5.69 Å². The maximum Gasteiger partial charge on any atom is 0.106 e. The SMILES string of the molecule is Clc1ccc2scnc2c1NCc1ccccn1. The number of rotatable bonds is 3. The Kier molecular flexibility index (Phi) is 3.13. The van der Waals surface area contributed by atoms with Gasteiger partial charge in [-0.1, -0.05) is 17.7 Å². The first-order valence-corrected chi connectivity index (χ1v) is 6.76. The number of benzene rings is 1. The van der Waals surface area contributed by atoms with Crippen molar-refractivity contribution in [3.05, 3.63) is 52.8 Å². The minimum atomic E-state index is 0.636. The molecule has 0 saturated heterocycles. The molecular weight excluding hydrogens is 266 g/mol. The van der Waals surface area contributed by atoms with Gasteiger partial charge in [-0.25, -0.2) is 4.98 Å². The third-order valence-electron chi connectivity index (χ3n) is 2.62. The lowest BCUT2D eigenvalue weighted by Gasteiger charge is -2.08. The van der Waals surface area contributed by atoms with Crippen LogP contribution in [0, 0.1) is 0 Å². The van der Waals surface area contributed by atoms with Crippen LogP contribution in [0.2, 0.25) is 5.02 Å². The number of nitrogens with zero attached hydrogens (tertiary/aromatic N) is 2. The molecule has 0 fully saturated rings. The summed E-state index contributed by atoms with van der Waals surface area (Å²) in [5.41, 5.74) is 4.60. The summed E-state index contributed by atoms with van der Waals surface area (Å²) in [7, 11) is 0. The fraction of sp³-hybridized carbons (Fsp3) is 0.0769. The fourth-order valence-electron chi connectivity index (χ4n) is 1.76. The van der Waals surface area contributed by atoms with Crippen LogP contribution in [0.1, 0.15) is 5.69 Å². The Balaban J connectivity index is 1.90. The second kappa shape index (κ2) is 4.92. The van der Waals surface area contributed by atoms with Gasteiger partial charge in [0.05, 0.1) is 33.2 Å². The van der Waals surface area contributed by atoms with E-state index in [-0.39, 0.29) is 0 Å². The van der Waals surface area contributed by atoms with Crippen LogP contribution in [0.3, 0.4) is 0 Å². The summed E-state index contributed by atoms with van der Waals surface area (Å²) in [6.07, 6.45) is 1.78. The van der Waals surface area contributed by atoms with E-state index < -0.39 is 0 Å². The van der Waals surface area contributed by atoms with E-state index in [0.717, 1.165) is 21.6 Å². The van der Waals surface area contributed by atoms with Gasteiger partial charge in [0.2, 0.25) is 0 Å². The van der Waals surface area contributed by atoms with Crippen molar-refractivity contribution in [3.63, 3.8) is 0 Å². The Hall–Kier alpha value is -1.65. The summed E-state index contributed by atoms with van der Waals surface area (Å²) in [4.78, 5) is 8.61. The number of halogens is 1. The van der Waals surface area contributed by atoms with Crippen molar-refractivity contribution in [2.45, 2.75) is 6.54 Å². The molecule has 90 valence electrons. The van der Waals surface area contributed by atoms with E-state index in [1.807, 2.05) is 35.8 Å². The Bertz CT molecular complexity index is 666. The number of anilines is 1. The average Bonchev–Trinajstić information content (AvgIpc) is 2.87. The summed E-state index contributed by atoms with van der Waals surface area (Å²) in [6, 6.07) is 9.72. The van der Waals surface area contributed by atoms with Gasteiger partial charge in [-0.05, 0) is 24.3 Å². The molecule has 0 aliphatic heterocycles. The van der Waals surface area contributed by atoms with Gasteiger partial charge in [-0.2, -0.15) is 0 Å². The van der Waals surface area contributed by atoms with E-state index in [4.69, 9.17) is 11.6 Å². The Morgan fingerprint density at radius 3 is 2.94 bits per heavy atom. The molecule has 0 aliphatic carbocycles. The molecule has 2 heterocycles. The maximum atomic E-state index is 6.21. The summed E-state index contributed by atoms with van der Waals surface area (Å²) < 4.78 is 1.13. The van der Waals surface area contributed by atoms with Crippen LogP contribution in [0.5, 0.6) is 0 Å². The number of hydrogen-bond donors (Lipinski definition) is 1. The molecule has 0 amide bonds. The van der Waals surface area contributed by atoms with Crippen molar-refractivity contribution in [1.29, 1.82) is 0 Å². The first kappa shape index (κ1) is 11.4. The van der Waals surface area contributed by atoms with Gasteiger partial charge < -0.3 is 5.32 Å². The molecule has 0 aliphatic rings. The highest BCUT2D eigenvalue weighted by Gasteiger charge is 2.08. The van der Waals surface area contributed by atoms with E-state index in [2.05, 4.69) is 15.3 Å². The molecule has 18 heavy (non-hydrogen) atoms. The summed E-state index contributed by atoms with van der Waals surface area (Å²) in [5, 5.41) is 3.99. The molecule has 0 unspecified atom stereocenters. The number of hydrogen-bond acceptors (Lipinski definition) is 4. The van der Waals surface area contributed by atoms with Crippen molar-refractivity contribution >= 4 is 38.8 Å². The largest absolute Gasteiger partial charge is 0.376 e. The molecule has 5 heteroatoms. The van der Waals surface area contributed by atoms with Crippen molar-refractivity contribution < 1.29 is 0 Å². The van der Waals surface area contributed by atoms with Gasteiger partial charge in [0.1, 0.15) is 5.52 Å². The van der Waals surface area contributed by atoms with Gasteiger partial charge in [-0.3, -0.25) is 4.98 Å². The second-order valence-electron chi connectivity index (χ2n) is 3.80. The highest BCUT2D eigenvalue weighted by Crippen LogP contribution is 2.32. The van der Waals surface area contributed by atoms with Gasteiger partial charge in [-0.15, -0.1) is 11.3 Å². The van der Waals surface area contributed by atoms with Gasteiger partial charge >= 0.3 is 0 Å². The van der Waals surface area contributed by atoms with Crippen LogP contribution >= 0.6 is 22.9 Å². The number of thiazole rings is 1. The Labute approximate surface area is 113 Å². The zero-order chi connectivity index (χ0) is 12.4. The second-order valence-corrected chi connectivity index (χ2v) is 5.09. The minimum absolute atomic E-state index is 0.636. The maximum absolute atomic E-state index is 6.21. The first-order valence-electron chi connectivity index (χ1n) is 5.50. The quantitative estimate of drug-likeness (QED) is 0.786. The lowest BCUT2D eigenvalue weighted by atomic mass is 10.2. The molecule has 2 aromatic heterocycles. The Morgan fingerprint density at radius 1 is 1.17 bits per heavy atom. The normalized spacial score (nSPS) is 10.7. The lowest BCUT2D eigenvalue weighted by Crippen LogP contribution is -2.02. The molecule has 0 saturated carbocycles. The summed E-state index contributed by atoms with van der Waals surface area (Å²) in [6.45, 7) is 0.636. The van der Waals surface area contributed by atoms with Crippen LogP contribution in [0.25, 0.3) is 10.2 Å². The third kappa shape index (κ3) is 2.17. The monoisotopic (exact) mass is 275 g/mol. The number of nitrogens with one attached hydrogen (secondary N) is 1. The van der Waals surface area contributed by atoms with E-state index in [1.165, 1.54) is 0 Å². The lowest BCUT2D eigenvalue weighted by molar-refractivity contribution is 1.05. The van der Waals surface area contributed by atoms with Crippen LogP contribution in [-0.4, -0.2) is 9.97 Å². The predicted octanol–water partition coefficient (Wildman–Crippen LogP) is 3.96. The number of aromatic nitrogens is 2. The van der Waals surface area contributed by atoms with Gasteiger partial charge in [0.25, 0.3) is 0 Å². The fourth-order valence-corrected chi connectivity index (χ4v) is 2.66. The molecule has 1 aromatic carbocycles. The molecule has 1 N–H and O–H groups in total. The summed E-state index contributed by atoms with van der Waals surface area (Å²) in [5.74, 6) is 0. The molecule has 3 rings (SSSR count). The topological polar surface area (TPSA) is 37.8 Å². The molecule has 3 nitrogen and oxygen atoms in total. The van der Waals surface area contributed by atoms with Crippen LogP contribution < -0.4 is 5.32 Å². The third-order valence-corrected chi connectivity index (χ3v) is 3.73. The van der Waals surface area contributed by atoms with E-state index in [1.54, 1.807) is 17.5 Å². The van der Waals surface area contributed by atoms with Crippen molar-refractivity contribution in [1.82, 2.24) is 9.97 Å². The van der Waals surface area contributed by atoms with E-state index >= 15 is 0 Å². The minimum Gasteiger partial charge on any atom is -0.376 e. The van der Waals surface area contributed by atoms with Crippen LogP contribution in [0.15, 0.2) is 42.0 Å². The zero-order valence-corrected chi connectivity index (χ0v) is 11.0. The van der Waals surface area contributed by atoms with Crippen molar-refractivity contribution in [2.24, 2.45) is 0 Å². The molecule has 3 aromatic rings. The van der Waals surface area contributed by atoms with Crippen LogP contribution in [-0.2, 0) is 6.54 Å². The van der Waals surface area contributed by atoms with E-state index in [9.17, 15) is 0 Å². The predicted molar refractivity (Wildman–Crippen MR) is 76.2 cm³/mol. The first-order chi connectivity index (χ1) is 8.84. The highest BCUT2D eigenvalue weighted by molar-refractivity contribution is 7.16. The zero-order valence-electron chi connectivity index (χ0n) is 9.43. The standard InChI is InChI=1S/C13H10ClN3S/c14-10-4-5-11-13(17-8-18-11)12(10)16-7-9-3-1-2-6-15-9/h1-6,8,16H,7H2. The summed E-state index contributed by atoms with van der Waals surface area (Å²) >= 11 is 7.81. The number of pyridine rings is 1. The molecule has 0 radical (unpaired) electrons. The Morgan fingerprint density at radius 2 is 2.11 bits per heavy atom. The highest BCUT2D eigenvalue weighted by atomic mass is 35.5. The van der Waals surface area contributed by atoms with Gasteiger partial charge in [0.15, 0.2) is 0 Å².